The van der Waals surface area contributed by atoms with Crippen LogP contribution in [0.25, 0.3) is 0 Å². The van der Waals surface area contributed by atoms with Gasteiger partial charge in [-0.15, -0.1) is 0 Å². The summed E-state index contributed by atoms with van der Waals surface area (Å²) in [7, 11) is -3.89. The van der Waals surface area contributed by atoms with Crippen LogP contribution in [-0.4, -0.2) is 26.8 Å². The van der Waals surface area contributed by atoms with Gasteiger partial charge < -0.3 is 10.1 Å². The van der Waals surface area contributed by atoms with Gasteiger partial charge in [-0.2, -0.15) is 0 Å². The van der Waals surface area contributed by atoms with Crippen molar-refractivity contribution >= 4 is 27.5 Å². The molecule has 0 saturated heterocycles. The lowest BCUT2D eigenvalue weighted by Crippen LogP contribution is -2.28. The quantitative estimate of drug-likeness (QED) is 0.816. The molecule has 0 saturated carbocycles. The van der Waals surface area contributed by atoms with Gasteiger partial charge in [0.15, 0.2) is 6.61 Å². The Kier molecular flexibility index (Phi) is 5.76. The van der Waals surface area contributed by atoms with E-state index in [4.69, 9.17) is 4.74 Å². The highest BCUT2D eigenvalue weighted by atomic mass is 32.2. The van der Waals surface area contributed by atoms with Crippen molar-refractivity contribution < 1.29 is 22.7 Å². The van der Waals surface area contributed by atoms with E-state index in [0.29, 0.717) is 11.4 Å². The summed E-state index contributed by atoms with van der Waals surface area (Å²) in [5, 5.41) is 2.60. The minimum absolute atomic E-state index is 0.0726. The molecule has 0 heterocycles. The van der Waals surface area contributed by atoms with Crippen LogP contribution in [0.2, 0.25) is 0 Å². The van der Waals surface area contributed by atoms with Crippen molar-refractivity contribution in [3.8, 4) is 5.75 Å². The number of carbonyl (C=O) groups is 2. The summed E-state index contributed by atoms with van der Waals surface area (Å²) in [6, 6.07) is 12.7. The fraction of sp³-hybridized carbons (Fsp3) is 0.176. The van der Waals surface area contributed by atoms with Crippen LogP contribution in [0.4, 0.5) is 5.69 Å². The fourth-order valence-corrected chi connectivity index (χ4v) is 2.94. The van der Waals surface area contributed by atoms with E-state index in [1.54, 1.807) is 12.1 Å². The van der Waals surface area contributed by atoms with E-state index in [0.717, 1.165) is 12.5 Å². The van der Waals surface area contributed by atoms with E-state index in [9.17, 15) is 18.0 Å². The van der Waals surface area contributed by atoms with Gasteiger partial charge in [0.25, 0.3) is 15.9 Å². The molecule has 0 fully saturated rings. The smallest absolute Gasteiger partial charge is 0.264 e. The number of amides is 2. The van der Waals surface area contributed by atoms with Gasteiger partial charge in [-0.1, -0.05) is 17.7 Å². The van der Waals surface area contributed by atoms with E-state index in [2.05, 4.69) is 5.32 Å². The average Bonchev–Trinajstić information content (AvgIpc) is 2.54. The lowest BCUT2D eigenvalue weighted by molar-refractivity contribution is -0.118. The molecular weight excluding hydrogens is 344 g/mol. The molecule has 0 aliphatic carbocycles. The first kappa shape index (κ1) is 18.5. The van der Waals surface area contributed by atoms with E-state index < -0.39 is 15.9 Å². The van der Waals surface area contributed by atoms with Crippen molar-refractivity contribution in [1.29, 1.82) is 0 Å². The van der Waals surface area contributed by atoms with Crippen LogP contribution in [0.15, 0.2) is 53.4 Å². The van der Waals surface area contributed by atoms with Gasteiger partial charge in [-0.25, -0.2) is 13.1 Å². The van der Waals surface area contributed by atoms with E-state index in [1.165, 1.54) is 24.3 Å². The highest BCUT2D eigenvalue weighted by Crippen LogP contribution is 2.15. The lowest BCUT2D eigenvalue weighted by atomic mass is 10.2. The summed E-state index contributed by atoms with van der Waals surface area (Å²) >= 11 is 0. The number of ether oxygens (including phenoxy) is 1. The van der Waals surface area contributed by atoms with Crippen molar-refractivity contribution in [2.24, 2.45) is 0 Å². The van der Waals surface area contributed by atoms with Crippen LogP contribution >= 0.6 is 0 Å². The number of nitrogens with one attached hydrogen (secondary N) is 2. The molecule has 2 rings (SSSR count). The van der Waals surface area contributed by atoms with Crippen LogP contribution in [0, 0.1) is 6.92 Å². The number of hydrogen-bond donors (Lipinski definition) is 2. The molecule has 2 aromatic carbocycles. The Hall–Kier alpha value is -2.87. The molecule has 0 atom stereocenters. The molecule has 0 bridgehead atoms. The largest absolute Gasteiger partial charge is 0.484 e. The van der Waals surface area contributed by atoms with Gasteiger partial charge in [-0.3, -0.25) is 9.59 Å². The SMILES string of the molecule is CC(=O)NS(=O)(=O)c1ccc(NC(=O)COc2ccc(C)cc2)cc1. The Labute approximate surface area is 146 Å². The van der Waals surface area contributed by atoms with Crippen LogP contribution < -0.4 is 14.8 Å². The van der Waals surface area contributed by atoms with Crippen LogP contribution in [-0.2, 0) is 19.6 Å². The summed E-state index contributed by atoms with van der Waals surface area (Å²) < 4.78 is 30.9. The number of hydrogen-bond acceptors (Lipinski definition) is 5. The van der Waals surface area contributed by atoms with Crippen molar-refractivity contribution in [2.75, 3.05) is 11.9 Å². The predicted octanol–water partition coefficient (Wildman–Crippen LogP) is 1.84. The van der Waals surface area contributed by atoms with Crippen LogP contribution in [0.3, 0.4) is 0 Å². The second kappa shape index (κ2) is 7.80. The highest BCUT2D eigenvalue weighted by molar-refractivity contribution is 7.90. The third kappa shape index (κ3) is 5.61. The molecule has 2 N–H and O–H groups in total. The fourth-order valence-electron chi connectivity index (χ4n) is 1.95. The third-order valence-corrected chi connectivity index (χ3v) is 4.57. The van der Waals surface area contributed by atoms with E-state index in [-0.39, 0.29) is 17.4 Å². The van der Waals surface area contributed by atoms with Crippen molar-refractivity contribution in [1.82, 2.24) is 4.72 Å². The minimum Gasteiger partial charge on any atom is -0.484 e. The van der Waals surface area contributed by atoms with Gasteiger partial charge in [0.2, 0.25) is 5.91 Å². The standard InChI is InChI=1S/C17H18N2O5S/c1-12-3-7-15(8-4-12)24-11-17(21)18-14-5-9-16(10-6-14)25(22,23)19-13(2)20/h3-10H,11H2,1-2H3,(H,18,21)(H,19,20). The van der Waals surface area contributed by atoms with Crippen LogP contribution in [0.5, 0.6) is 5.75 Å². The Morgan fingerprint density at radius 1 is 1.00 bits per heavy atom. The molecule has 0 radical (unpaired) electrons. The summed E-state index contributed by atoms with van der Waals surface area (Å²) in [5.41, 5.74) is 1.50. The number of anilines is 1. The van der Waals surface area contributed by atoms with Crippen LogP contribution in [0.1, 0.15) is 12.5 Å². The van der Waals surface area contributed by atoms with Crippen molar-refractivity contribution in [3.63, 3.8) is 0 Å². The Balaban J connectivity index is 1.93. The molecule has 0 aromatic heterocycles. The zero-order valence-corrected chi connectivity index (χ0v) is 14.6. The monoisotopic (exact) mass is 362 g/mol. The number of sulfonamides is 1. The molecular formula is C17H18N2O5S. The van der Waals surface area contributed by atoms with Gasteiger partial charge in [0.1, 0.15) is 5.75 Å². The molecule has 8 heteroatoms. The summed E-state index contributed by atoms with van der Waals surface area (Å²) in [6.07, 6.45) is 0. The molecule has 7 nitrogen and oxygen atoms in total. The summed E-state index contributed by atoms with van der Waals surface area (Å²) in [5.74, 6) is -0.471. The Bertz CT molecular complexity index is 859. The average molecular weight is 362 g/mol. The van der Waals surface area contributed by atoms with Gasteiger partial charge in [-0.05, 0) is 43.3 Å². The number of benzene rings is 2. The zero-order chi connectivity index (χ0) is 18.4. The maximum atomic E-state index is 11.9. The molecule has 0 aliphatic rings. The number of carbonyl (C=O) groups excluding carboxylic acids is 2. The highest BCUT2D eigenvalue weighted by Gasteiger charge is 2.15. The number of aryl methyl sites for hydroxylation is 1. The van der Waals surface area contributed by atoms with Crippen molar-refractivity contribution in [2.45, 2.75) is 18.7 Å². The normalized spacial score (nSPS) is 10.8. The molecule has 0 unspecified atom stereocenters. The molecule has 2 aromatic rings. The topological polar surface area (TPSA) is 102 Å². The summed E-state index contributed by atoms with van der Waals surface area (Å²) in [6.45, 7) is 2.89. The van der Waals surface area contributed by atoms with Gasteiger partial charge >= 0.3 is 0 Å². The first-order chi connectivity index (χ1) is 11.8. The molecule has 0 spiro atoms. The van der Waals surface area contributed by atoms with Gasteiger partial charge in [0.05, 0.1) is 4.90 Å². The zero-order valence-electron chi connectivity index (χ0n) is 13.8. The van der Waals surface area contributed by atoms with E-state index in [1.807, 2.05) is 23.8 Å². The second-order valence-corrected chi connectivity index (χ2v) is 7.02. The predicted molar refractivity (Wildman–Crippen MR) is 92.7 cm³/mol. The van der Waals surface area contributed by atoms with E-state index >= 15 is 0 Å². The third-order valence-electron chi connectivity index (χ3n) is 3.12. The van der Waals surface area contributed by atoms with Crippen molar-refractivity contribution in [3.05, 3.63) is 54.1 Å². The minimum atomic E-state index is -3.89. The second-order valence-electron chi connectivity index (χ2n) is 5.34. The first-order valence-electron chi connectivity index (χ1n) is 7.39. The molecule has 132 valence electrons. The molecule has 25 heavy (non-hydrogen) atoms. The first-order valence-corrected chi connectivity index (χ1v) is 8.87. The Morgan fingerprint density at radius 3 is 2.16 bits per heavy atom. The molecule has 2 amide bonds. The lowest BCUT2D eigenvalue weighted by Gasteiger charge is -2.09. The molecule has 0 aliphatic heterocycles. The Morgan fingerprint density at radius 2 is 1.60 bits per heavy atom. The summed E-state index contributed by atoms with van der Waals surface area (Å²) in [4.78, 5) is 22.7. The number of rotatable bonds is 6. The van der Waals surface area contributed by atoms with Gasteiger partial charge in [0, 0.05) is 12.6 Å². The maximum Gasteiger partial charge on any atom is 0.264 e. The maximum absolute atomic E-state index is 11.9.